The molecule has 0 bridgehead atoms. The molecule has 5 heteroatoms. The first-order valence-corrected chi connectivity index (χ1v) is 7.14. The lowest BCUT2D eigenvalue weighted by molar-refractivity contribution is 0.00578. The van der Waals surface area contributed by atoms with Gasteiger partial charge in [-0.15, -0.1) is 0 Å². The van der Waals surface area contributed by atoms with Crippen molar-refractivity contribution < 1.29 is 18.8 Å². The van der Waals surface area contributed by atoms with Gasteiger partial charge in [0.05, 0.1) is 23.9 Å². The van der Waals surface area contributed by atoms with Crippen LogP contribution in [0.15, 0.2) is 12.1 Å². The number of esters is 1. The van der Waals surface area contributed by atoms with Crippen LogP contribution in [0.4, 0.5) is 0 Å². The molecule has 1 aliphatic heterocycles. The fourth-order valence-corrected chi connectivity index (χ4v) is 2.32. The van der Waals surface area contributed by atoms with Crippen molar-refractivity contribution in [1.82, 2.24) is 0 Å². The minimum absolute atomic E-state index is 0.339. The van der Waals surface area contributed by atoms with Gasteiger partial charge < -0.3 is 14.0 Å². The van der Waals surface area contributed by atoms with Crippen molar-refractivity contribution in [2.45, 2.75) is 52.7 Å². The Morgan fingerprint density at radius 3 is 2.10 bits per heavy atom. The highest BCUT2D eigenvalue weighted by Crippen LogP contribution is 2.36. The van der Waals surface area contributed by atoms with E-state index in [0.717, 1.165) is 16.6 Å². The molecule has 1 aromatic rings. The topological polar surface area (TPSA) is 44.8 Å². The Bertz CT molecular complexity index is 562. The van der Waals surface area contributed by atoms with Gasteiger partial charge in [-0.25, -0.2) is 4.79 Å². The smallest absolute Gasteiger partial charge is 0.465 e. The van der Waals surface area contributed by atoms with E-state index in [1.54, 1.807) is 6.07 Å². The highest BCUT2D eigenvalue weighted by molar-refractivity contribution is 6.62. The summed E-state index contributed by atoms with van der Waals surface area (Å²) in [4.78, 5) is 11.9. The lowest BCUT2D eigenvalue weighted by Crippen LogP contribution is -2.41. The third-order valence-electron chi connectivity index (χ3n) is 4.62. The summed E-state index contributed by atoms with van der Waals surface area (Å²) in [5.74, 6) is -0.339. The number of aryl methyl sites for hydroxylation is 1. The number of ether oxygens (including phenoxy) is 1. The quantitative estimate of drug-likeness (QED) is 0.619. The van der Waals surface area contributed by atoms with Crippen LogP contribution >= 0.6 is 0 Å². The molecular formula is C16H23BO4. The van der Waals surface area contributed by atoms with Crippen LogP contribution in [0.3, 0.4) is 0 Å². The molecule has 1 aliphatic rings. The summed E-state index contributed by atoms with van der Waals surface area (Å²) in [5.41, 5.74) is 2.54. The lowest BCUT2D eigenvalue weighted by Gasteiger charge is -2.32. The second-order valence-corrected chi connectivity index (χ2v) is 6.59. The van der Waals surface area contributed by atoms with Crippen molar-refractivity contribution in [2.24, 2.45) is 0 Å². The Labute approximate surface area is 126 Å². The Morgan fingerprint density at radius 2 is 1.62 bits per heavy atom. The molecule has 0 N–H and O–H groups in total. The first-order valence-electron chi connectivity index (χ1n) is 7.14. The number of rotatable bonds is 2. The zero-order chi connectivity index (χ0) is 16.0. The van der Waals surface area contributed by atoms with E-state index in [9.17, 15) is 4.79 Å². The first kappa shape index (κ1) is 16.1. The zero-order valence-electron chi connectivity index (χ0n) is 13.9. The normalized spacial score (nSPS) is 19.7. The molecule has 1 saturated heterocycles. The Kier molecular flexibility index (Phi) is 3.93. The number of carbonyl (C=O) groups is 1. The van der Waals surface area contributed by atoms with Gasteiger partial charge in [0.15, 0.2) is 0 Å². The Morgan fingerprint density at radius 1 is 1.10 bits per heavy atom. The predicted molar refractivity (Wildman–Crippen MR) is 83.0 cm³/mol. The molecule has 4 nitrogen and oxygen atoms in total. The molecule has 0 aromatic heterocycles. The van der Waals surface area contributed by atoms with Gasteiger partial charge in [-0.3, -0.25) is 0 Å². The maximum Gasteiger partial charge on any atom is 0.494 e. The van der Waals surface area contributed by atoms with Crippen molar-refractivity contribution in [3.05, 3.63) is 28.8 Å². The van der Waals surface area contributed by atoms with E-state index in [2.05, 4.69) is 0 Å². The van der Waals surface area contributed by atoms with E-state index >= 15 is 0 Å². The van der Waals surface area contributed by atoms with E-state index in [0.29, 0.717) is 5.56 Å². The molecular weight excluding hydrogens is 267 g/mol. The van der Waals surface area contributed by atoms with Crippen LogP contribution in [0, 0.1) is 13.8 Å². The van der Waals surface area contributed by atoms with Crippen LogP contribution in [0.25, 0.3) is 0 Å². The molecule has 0 saturated carbocycles. The van der Waals surface area contributed by atoms with Gasteiger partial charge in [-0.1, -0.05) is 6.07 Å². The molecule has 21 heavy (non-hydrogen) atoms. The molecule has 1 fully saturated rings. The maximum absolute atomic E-state index is 11.9. The highest BCUT2D eigenvalue weighted by Gasteiger charge is 2.51. The molecule has 0 radical (unpaired) electrons. The summed E-state index contributed by atoms with van der Waals surface area (Å²) < 4.78 is 16.9. The van der Waals surface area contributed by atoms with E-state index in [-0.39, 0.29) is 5.97 Å². The summed E-state index contributed by atoms with van der Waals surface area (Å²) >= 11 is 0. The van der Waals surface area contributed by atoms with E-state index in [4.69, 9.17) is 14.0 Å². The summed E-state index contributed by atoms with van der Waals surface area (Å²) in [7, 11) is 0.913. The van der Waals surface area contributed by atoms with E-state index < -0.39 is 18.3 Å². The van der Waals surface area contributed by atoms with Crippen molar-refractivity contribution in [3.8, 4) is 0 Å². The van der Waals surface area contributed by atoms with Gasteiger partial charge in [0.1, 0.15) is 0 Å². The SMILES string of the molecule is COC(=O)c1cc(B2OC(C)(C)C(C)(C)O2)cc(C)c1C. The molecule has 0 amide bonds. The summed E-state index contributed by atoms with van der Waals surface area (Å²) in [5, 5.41) is 0. The van der Waals surface area contributed by atoms with Gasteiger partial charge in [0.2, 0.25) is 0 Å². The van der Waals surface area contributed by atoms with Gasteiger partial charge in [-0.05, 0) is 64.2 Å². The monoisotopic (exact) mass is 290 g/mol. The number of hydrogen-bond donors (Lipinski definition) is 0. The standard InChI is InChI=1S/C16H23BO4/c1-10-8-12(9-13(11(10)2)14(18)19-7)17-20-15(3,4)16(5,6)21-17/h8-9H,1-7H3. The van der Waals surface area contributed by atoms with Gasteiger partial charge in [0, 0.05) is 0 Å². The number of benzene rings is 1. The number of methoxy groups -OCH3 is 1. The third-order valence-corrected chi connectivity index (χ3v) is 4.62. The number of carbonyl (C=O) groups excluding carboxylic acids is 1. The second-order valence-electron chi connectivity index (χ2n) is 6.59. The zero-order valence-corrected chi connectivity index (χ0v) is 13.9. The lowest BCUT2D eigenvalue weighted by atomic mass is 9.76. The van der Waals surface area contributed by atoms with E-state index in [1.165, 1.54) is 7.11 Å². The summed E-state index contributed by atoms with van der Waals surface area (Å²) in [6.45, 7) is 11.9. The third kappa shape index (κ3) is 2.72. The molecule has 0 atom stereocenters. The molecule has 0 unspecified atom stereocenters. The summed E-state index contributed by atoms with van der Waals surface area (Å²) in [6, 6.07) is 3.81. The van der Waals surface area contributed by atoms with Crippen LogP contribution in [0.2, 0.25) is 0 Å². The van der Waals surface area contributed by atoms with Crippen molar-refractivity contribution >= 4 is 18.6 Å². The molecule has 1 aromatic carbocycles. The predicted octanol–water partition coefficient (Wildman–Crippen LogP) is 2.39. The first-order chi connectivity index (χ1) is 9.59. The average molecular weight is 290 g/mol. The minimum atomic E-state index is -0.474. The fourth-order valence-electron chi connectivity index (χ4n) is 2.32. The molecule has 114 valence electrons. The highest BCUT2D eigenvalue weighted by atomic mass is 16.7. The Hall–Kier alpha value is -1.33. The van der Waals surface area contributed by atoms with Crippen LogP contribution in [0.5, 0.6) is 0 Å². The van der Waals surface area contributed by atoms with Crippen molar-refractivity contribution in [2.75, 3.05) is 7.11 Å². The second kappa shape index (κ2) is 5.14. The molecule has 1 heterocycles. The van der Waals surface area contributed by atoms with Crippen molar-refractivity contribution in [3.63, 3.8) is 0 Å². The van der Waals surface area contributed by atoms with E-state index in [1.807, 2.05) is 47.6 Å². The van der Waals surface area contributed by atoms with Crippen LogP contribution in [0.1, 0.15) is 49.2 Å². The molecule has 2 rings (SSSR count). The fraction of sp³-hybridized carbons (Fsp3) is 0.562. The Balaban J connectivity index is 2.43. The van der Waals surface area contributed by atoms with Gasteiger partial charge in [0.25, 0.3) is 0 Å². The van der Waals surface area contributed by atoms with Crippen LogP contribution in [-0.2, 0) is 14.0 Å². The number of hydrogen-bond acceptors (Lipinski definition) is 4. The molecule has 0 aliphatic carbocycles. The minimum Gasteiger partial charge on any atom is -0.465 e. The average Bonchev–Trinajstić information content (AvgIpc) is 2.60. The summed E-state index contributed by atoms with van der Waals surface area (Å²) in [6.07, 6.45) is 0. The van der Waals surface area contributed by atoms with Gasteiger partial charge in [-0.2, -0.15) is 0 Å². The van der Waals surface area contributed by atoms with Crippen molar-refractivity contribution in [1.29, 1.82) is 0 Å². The van der Waals surface area contributed by atoms with Gasteiger partial charge >= 0.3 is 13.1 Å². The van der Waals surface area contributed by atoms with Crippen LogP contribution < -0.4 is 5.46 Å². The van der Waals surface area contributed by atoms with Crippen LogP contribution in [-0.4, -0.2) is 31.4 Å². The largest absolute Gasteiger partial charge is 0.494 e. The molecule has 0 spiro atoms. The maximum atomic E-state index is 11.9.